The van der Waals surface area contributed by atoms with Gasteiger partial charge < -0.3 is 20.3 Å². The maximum absolute atomic E-state index is 12.4. The van der Waals surface area contributed by atoms with E-state index in [4.69, 9.17) is 9.84 Å². The van der Waals surface area contributed by atoms with Crippen molar-refractivity contribution in [2.75, 3.05) is 11.9 Å². The van der Waals surface area contributed by atoms with Crippen molar-refractivity contribution in [3.8, 4) is 11.1 Å². The van der Waals surface area contributed by atoms with Gasteiger partial charge in [-0.25, -0.2) is 14.6 Å². The number of rotatable bonds is 7. The molecule has 0 saturated carbocycles. The molecule has 1 aliphatic rings. The Morgan fingerprint density at radius 2 is 1.70 bits per heavy atom. The number of carbonyl (C=O) groups is 3. The molecule has 9 nitrogen and oxygen atoms in total. The number of nitrogens with one attached hydrogen (secondary N) is 2. The van der Waals surface area contributed by atoms with Gasteiger partial charge in [-0.3, -0.25) is 10.1 Å². The van der Waals surface area contributed by atoms with Gasteiger partial charge in [-0.1, -0.05) is 48.5 Å². The molecule has 2 aromatic carbocycles. The lowest BCUT2D eigenvalue weighted by molar-refractivity contribution is -0.141. The minimum absolute atomic E-state index is 0.0825. The number of aliphatic hydroxyl groups is 1. The molecule has 2 amide bonds. The van der Waals surface area contributed by atoms with Gasteiger partial charge in [0.2, 0.25) is 0 Å². The van der Waals surface area contributed by atoms with E-state index in [-0.39, 0.29) is 23.4 Å². The molecule has 2 atom stereocenters. The fourth-order valence-electron chi connectivity index (χ4n) is 3.76. The van der Waals surface area contributed by atoms with Gasteiger partial charge >= 0.3 is 12.1 Å². The average molecular weight is 468 g/mol. The van der Waals surface area contributed by atoms with Crippen LogP contribution >= 0.6 is 11.3 Å². The highest BCUT2D eigenvalue weighted by molar-refractivity contribution is 7.14. The molecule has 33 heavy (non-hydrogen) atoms. The number of benzene rings is 2. The monoisotopic (exact) mass is 467 g/mol. The Kier molecular flexibility index (Phi) is 6.38. The first-order valence-electron chi connectivity index (χ1n) is 10.1. The molecule has 0 fully saturated rings. The molecule has 0 saturated heterocycles. The van der Waals surface area contributed by atoms with Crippen LogP contribution in [-0.4, -0.2) is 51.9 Å². The summed E-state index contributed by atoms with van der Waals surface area (Å²) in [7, 11) is 0. The van der Waals surface area contributed by atoms with E-state index >= 15 is 0 Å². The van der Waals surface area contributed by atoms with Crippen molar-refractivity contribution in [1.29, 1.82) is 0 Å². The van der Waals surface area contributed by atoms with Crippen molar-refractivity contribution in [2.24, 2.45) is 0 Å². The number of carboxylic acid groups (broad SMARTS) is 1. The number of fused-ring (bicyclic) bond motifs is 3. The molecule has 1 heterocycles. The Hall–Kier alpha value is -3.76. The molecule has 0 aliphatic heterocycles. The summed E-state index contributed by atoms with van der Waals surface area (Å²) in [5, 5.41) is 24.7. The predicted octanol–water partition coefficient (Wildman–Crippen LogP) is 3.07. The Bertz CT molecular complexity index is 1160. The second-order valence-corrected chi connectivity index (χ2v) is 8.38. The summed E-state index contributed by atoms with van der Waals surface area (Å²) in [4.78, 5) is 39.7. The van der Waals surface area contributed by atoms with Crippen molar-refractivity contribution in [2.45, 2.75) is 25.0 Å². The third-order valence-electron chi connectivity index (χ3n) is 5.32. The van der Waals surface area contributed by atoms with Gasteiger partial charge in [0.15, 0.2) is 11.2 Å². The summed E-state index contributed by atoms with van der Waals surface area (Å²) < 4.78 is 5.45. The number of thiazole rings is 1. The maximum Gasteiger partial charge on any atom is 0.413 e. The fourth-order valence-corrected chi connectivity index (χ4v) is 4.44. The first-order valence-corrected chi connectivity index (χ1v) is 11.0. The van der Waals surface area contributed by atoms with Crippen molar-refractivity contribution in [1.82, 2.24) is 10.3 Å². The summed E-state index contributed by atoms with van der Waals surface area (Å²) in [6.07, 6.45) is -2.01. The van der Waals surface area contributed by atoms with Crippen LogP contribution in [-0.2, 0) is 9.53 Å². The van der Waals surface area contributed by atoms with Crippen molar-refractivity contribution in [3.63, 3.8) is 0 Å². The van der Waals surface area contributed by atoms with Crippen LogP contribution in [0.3, 0.4) is 0 Å². The van der Waals surface area contributed by atoms with Gasteiger partial charge in [-0.15, -0.1) is 11.3 Å². The highest BCUT2D eigenvalue weighted by Crippen LogP contribution is 2.44. The lowest BCUT2D eigenvalue weighted by Gasteiger charge is -2.16. The highest BCUT2D eigenvalue weighted by atomic mass is 32.1. The Balaban J connectivity index is 1.37. The second-order valence-electron chi connectivity index (χ2n) is 7.52. The highest BCUT2D eigenvalue weighted by Gasteiger charge is 2.29. The molecule has 0 spiro atoms. The van der Waals surface area contributed by atoms with Gasteiger partial charge in [-0.05, 0) is 29.2 Å². The summed E-state index contributed by atoms with van der Waals surface area (Å²) in [5.74, 6) is -2.24. The summed E-state index contributed by atoms with van der Waals surface area (Å²) in [6, 6.07) is 14.5. The molecule has 3 aromatic rings. The number of aliphatic carboxylic acids is 1. The molecule has 1 aromatic heterocycles. The number of carbonyl (C=O) groups excluding carboxylic acids is 2. The third-order valence-corrected chi connectivity index (χ3v) is 6.08. The zero-order chi connectivity index (χ0) is 23.5. The number of hydrogen-bond acceptors (Lipinski definition) is 7. The average Bonchev–Trinajstić information content (AvgIpc) is 3.38. The lowest BCUT2D eigenvalue weighted by Crippen LogP contribution is -2.47. The summed E-state index contributed by atoms with van der Waals surface area (Å²) in [5.41, 5.74) is 4.33. The van der Waals surface area contributed by atoms with E-state index in [1.54, 1.807) is 0 Å². The lowest BCUT2D eigenvalue weighted by atomic mass is 9.98. The standard InChI is InChI=1S/C23H21N3O6S/c1-12(27)19(21(29)30)25-20(28)18-11-33-22(24-18)26-23(31)32-10-17-15-8-4-2-6-13(15)14-7-3-5-9-16(14)17/h2-9,11-12,17,19,27H,10H2,1H3,(H,25,28)(H,29,30)(H,24,26,31)/t12-,19+/m1/s1. The van der Waals surface area contributed by atoms with Gasteiger partial charge in [0.1, 0.15) is 12.3 Å². The van der Waals surface area contributed by atoms with E-state index in [9.17, 15) is 19.5 Å². The van der Waals surface area contributed by atoms with Crippen LogP contribution in [0.15, 0.2) is 53.9 Å². The fraction of sp³-hybridized carbons (Fsp3) is 0.217. The number of anilines is 1. The van der Waals surface area contributed by atoms with Gasteiger partial charge in [0.25, 0.3) is 5.91 Å². The molecular formula is C23H21N3O6S. The third kappa shape index (κ3) is 4.71. The van der Waals surface area contributed by atoms with Gasteiger partial charge in [0.05, 0.1) is 6.10 Å². The maximum atomic E-state index is 12.4. The molecule has 170 valence electrons. The molecule has 10 heteroatoms. The summed E-state index contributed by atoms with van der Waals surface area (Å²) >= 11 is 0.992. The zero-order valence-corrected chi connectivity index (χ0v) is 18.3. The normalized spacial score (nSPS) is 14.0. The van der Waals surface area contributed by atoms with E-state index in [0.717, 1.165) is 33.6 Å². The molecule has 0 unspecified atom stereocenters. The van der Waals surface area contributed by atoms with Crippen LogP contribution in [0.1, 0.15) is 34.5 Å². The van der Waals surface area contributed by atoms with E-state index in [2.05, 4.69) is 15.6 Å². The quantitative estimate of drug-likeness (QED) is 0.419. The number of ether oxygens (including phenoxy) is 1. The Labute approximate surface area is 193 Å². The Morgan fingerprint density at radius 3 is 2.27 bits per heavy atom. The summed E-state index contributed by atoms with van der Waals surface area (Å²) in [6.45, 7) is 1.39. The largest absolute Gasteiger partial charge is 0.480 e. The number of nitrogens with zero attached hydrogens (tertiary/aromatic N) is 1. The molecular weight excluding hydrogens is 446 g/mol. The van der Waals surface area contributed by atoms with E-state index in [1.165, 1.54) is 12.3 Å². The van der Waals surface area contributed by atoms with Crippen LogP contribution in [0.5, 0.6) is 0 Å². The van der Waals surface area contributed by atoms with Crippen molar-refractivity contribution in [3.05, 3.63) is 70.7 Å². The number of carboxylic acids is 1. The number of hydrogen-bond donors (Lipinski definition) is 4. The predicted molar refractivity (Wildman–Crippen MR) is 121 cm³/mol. The van der Waals surface area contributed by atoms with Gasteiger partial charge in [-0.2, -0.15) is 0 Å². The minimum Gasteiger partial charge on any atom is -0.480 e. The molecule has 1 aliphatic carbocycles. The Morgan fingerprint density at radius 1 is 1.09 bits per heavy atom. The SMILES string of the molecule is C[C@@H](O)[C@H](NC(=O)c1csc(NC(=O)OCC2c3ccccc3-c3ccccc32)n1)C(=O)O. The topological polar surface area (TPSA) is 138 Å². The van der Waals surface area contributed by atoms with Crippen LogP contribution in [0.4, 0.5) is 9.93 Å². The zero-order valence-electron chi connectivity index (χ0n) is 17.5. The van der Waals surface area contributed by atoms with E-state index in [1.807, 2.05) is 48.5 Å². The molecule has 4 N–H and O–H groups in total. The number of aromatic nitrogens is 1. The van der Waals surface area contributed by atoms with Crippen LogP contribution < -0.4 is 10.6 Å². The minimum atomic E-state index is -1.47. The van der Waals surface area contributed by atoms with Crippen molar-refractivity contribution >= 4 is 34.4 Å². The van der Waals surface area contributed by atoms with Crippen LogP contribution in [0.25, 0.3) is 11.1 Å². The van der Waals surface area contributed by atoms with E-state index in [0.29, 0.717) is 0 Å². The molecule has 4 rings (SSSR count). The van der Waals surface area contributed by atoms with Crippen molar-refractivity contribution < 1.29 is 29.3 Å². The second kappa shape index (κ2) is 9.39. The van der Waals surface area contributed by atoms with Crippen LogP contribution in [0, 0.1) is 0 Å². The van der Waals surface area contributed by atoms with Crippen LogP contribution in [0.2, 0.25) is 0 Å². The van der Waals surface area contributed by atoms with E-state index < -0.39 is 30.1 Å². The smallest absolute Gasteiger partial charge is 0.413 e. The first kappa shape index (κ1) is 22.4. The molecule has 0 radical (unpaired) electrons. The number of amides is 2. The van der Waals surface area contributed by atoms with Gasteiger partial charge in [0, 0.05) is 11.3 Å². The molecule has 0 bridgehead atoms. The number of aliphatic hydroxyl groups excluding tert-OH is 1. The first-order chi connectivity index (χ1) is 15.8.